The Morgan fingerprint density at radius 2 is 1.84 bits per heavy atom. The number of hydrogen-bond acceptors (Lipinski definition) is 5. The Morgan fingerprint density at radius 3 is 2.36 bits per heavy atom. The zero-order chi connectivity index (χ0) is 18.4. The molecule has 0 fully saturated rings. The van der Waals surface area contributed by atoms with Crippen LogP contribution in [0.3, 0.4) is 0 Å². The molecule has 0 spiro atoms. The van der Waals surface area contributed by atoms with E-state index in [1.807, 2.05) is 31.2 Å². The highest BCUT2D eigenvalue weighted by Crippen LogP contribution is 2.28. The maximum atomic E-state index is 12.5. The molecule has 0 saturated heterocycles. The van der Waals surface area contributed by atoms with Gasteiger partial charge in [0.05, 0.1) is 25.2 Å². The van der Waals surface area contributed by atoms with Crippen molar-refractivity contribution < 1.29 is 19.2 Å². The van der Waals surface area contributed by atoms with Gasteiger partial charge in [0.25, 0.3) is 5.91 Å². The van der Waals surface area contributed by atoms with Gasteiger partial charge in [-0.1, -0.05) is 19.1 Å². The van der Waals surface area contributed by atoms with E-state index in [2.05, 4.69) is 5.32 Å². The first-order chi connectivity index (χ1) is 12.0. The lowest BCUT2D eigenvalue weighted by Crippen LogP contribution is -2.28. The molecule has 0 aliphatic carbocycles. The summed E-state index contributed by atoms with van der Waals surface area (Å²) in [6.45, 7) is 1.95. The predicted octanol–water partition coefficient (Wildman–Crippen LogP) is 3.49. The van der Waals surface area contributed by atoms with Crippen LogP contribution in [0.25, 0.3) is 0 Å². The number of nitrogens with one attached hydrogen (secondary N) is 1. The second kappa shape index (κ2) is 8.14. The summed E-state index contributed by atoms with van der Waals surface area (Å²) < 4.78 is 10.1. The number of nitrogens with zero attached hydrogens (tertiary/aromatic N) is 1. The van der Waals surface area contributed by atoms with Gasteiger partial charge >= 0.3 is 5.69 Å². The van der Waals surface area contributed by atoms with Crippen LogP contribution in [0.1, 0.15) is 35.3 Å². The van der Waals surface area contributed by atoms with Crippen molar-refractivity contribution >= 4 is 11.6 Å². The van der Waals surface area contributed by atoms with E-state index < -0.39 is 4.92 Å². The number of amides is 1. The number of hydrogen-bond donors (Lipinski definition) is 1. The molecule has 0 saturated carbocycles. The number of nitro benzene ring substituents is 1. The molecular weight excluding hydrogens is 324 g/mol. The van der Waals surface area contributed by atoms with Gasteiger partial charge in [-0.3, -0.25) is 14.9 Å². The van der Waals surface area contributed by atoms with E-state index >= 15 is 0 Å². The first kappa shape index (κ1) is 18.3. The van der Waals surface area contributed by atoms with Crippen molar-refractivity contribution in [2.24, 2.45) is 0 Å². The summed E-state index contributed by atoms with van der Waals surface area (Å²) in [7, 11) is 2.93. The van der Waals surface area contributed by atoms with Crippen LogP contribution >= 0.6 is 0 Å². The minimum absolute atomic E-state index is 0.115. The molecule has 0 aliphatic heterocycles. The van der Waals surface area contributed by atoms with Gasteiger partial charge in [0, 0.05) is 11.6 Å². The maximum Gasteiger partial charge on any atom is 0.311 e. The van der Waals surface area contributed by atoms with E-state index in [1.54, 1.807) is 7.11 Å². The van der Waals surface area contributed by atoms with E-state index in [1.165, 1.54) is 25.3 Å². The van der Waals surface area contributed by atoms with Gasteiger partial charge in [-0.05, 0) is 36.2 Å². The zero-order valence-corrected chi connectivity index (χ0v) is 14.3. The lowest BCUT2D eigenvalue weighted by Gasteiger charge is -2.18. The molecule has 0 unspecified atom stereocenters. The number of rotatable bonds is 7. The van der Waals surface area contributed by atoms with Gasteiger partial charge < -0.3 is 14.8 Å². The lowest BCUT2D eigenvalue weighted by atomic mass is 10.0. The minimum Gasteiger partial charge on any atom is -0.497 e. The number of ether oxygens (including phenoxy) is 2. The third kappa shape index (κ3) is 4.26. The average molecular weight is 344 g/mol. The standard InChI is InChI=1S/C18H20N2O5/c1-4-15(12-5-8-14(24-2)9-6-12)19-18(21)13-7-10-17(25-3)16(11-13)20(22)23/h5-11,15H,4H2,1-3H3,(H,19,21)/t15-/m1/s1. The van der Waals surface area contributed by atoms with Crippen molar-refractivity contribution in [1.82, 2.24) is 5.32 Å². The van der Waals surface area contributed by atoms with E-state index in [0.29, 0.717) is 6.42 Å². The molecule has 0 aromatic heterocycles. The highest BCUT2D eigenvalue weighted by molar-refractivity contribution is 5.95. The van der Waals surface area contributed by atoms with Gasteiger partial charge in [0.15, 0.2) is 5.75 Å². The molecule has 25 heavy (non-hydrogen) atoms. The number of benzene rings is 2. The monoisotopic (exact) mass is 344 g/mol. The molecule has 2 rings (SSSR count). The fourth-order valence-electron chi connectivity index (χ4n) is 2.47. The smallest absolute Gasteiger partial charge is 0.311 e. The fourth-order valence-corrected chi connectivity index (χ4v) is 2.47. The van der Waals surface area contributed by atoms with Gasteiger partial charge in [0.2, 0.25) is 0 Å². The van der Waals surface area contributed by atoms with Crippen LogP contribution in [0.2, 0.25) is 0 Å². The number of carbonyl (C=O) groups excluding carboxylic acids is 1. The number of carbonyl (C=O) groups is 1. The maximum absolute atomic E-state index is 12.5. The molecule has 0 heterocycles. The zero-order valence-electron chi connectivity index (χ0n) is 14.3. The highest BCUT2D eigenvalue weighted by Gasteiger charge is 2.20. The minimum atomic E-state index is -0.573. The molecule has 2 aromatic rings. The second-order valence-electron chi connectivity index (χ2n) is 5.35. The quantitative estimate of drug-likeness (QED) is 0.613. The molecule has 7 heteroatoms. The Morgan fingerprint density at radius 1 is 1.16 bits per heavy atom. The SMILES string of the molecule is CC[C@@H](NC(=O)c1ccc(OC)c([N+](=O)[O-])c1)c1ccc(OC)cc1. The first-order valence-electron chi connectivity index (χ1n) is 7.77. The Bertz CT molecular complexity index is 759. The molecular formula is C18H20N2O5. The molecule has 2 aromatic carbocycles. The van der Waals surface area contributed by atoms with Gasteiger partial charge in [-0.15, -0.1) is 0 Å². The van der Waals surface area contributed by atoms with Crippen molar-refractivity contribution in [1.29, 1.82) is 0 Å². The molecule has 132 valence electrons. The van der Waals surface area contributed by atoms with Crippen LogP contribution in [0, 0.1) is 10.1 Å². The highest BCUT2D eigenvalue weighted by atomic mass is 16.6. The Balaban J connectivity index is 2.21. The summed E-state index contributed by atoms with van der Waals surface area (Å²) in [5.74, 6) is 0.466. The van der Waals surface area contributed by atoms with Crippen molar-refractivity contribution in [2.75, 3.05) is 14.2 Å². The van der Waals surface area contributed by atoms with Gasteiger partial charge in [-0.25, -0.2) is 0 Å². The van der Waals surface area contributed by atoms with Crippen LogP contribution < -0.4 is 14.8 Å². The molecule has 1 amide bonds. The van der Waals surface area contributed by atoms with Crippen LogP contribution in [0.15, 0.2) is 42.5 Å². The number of nitro groups is 1. The molecule has 1 N–H and O–H groups in total. The van der Waals surface area contributed by atoms with E-state index in [-0.39, 0.29) is 28.9 Å². The van der Waals surface area contributed by atoms with Crippen LogP contribution in [-0.2, 0) is 0 Å². The van der Waals surface area contributed by atoms with Crippen LogP contribution in [0.5, 0.6) is 11.5 Å². The van der Waals surface area contributed by atoms with Crippen molar-refractivity contribution in [3.63, 3.8) is 0 Å². The third-order valence-electron chi connectivity index (χ3n) is 3.87. The van der Waals surface area contributed by atoms with E-state index in [4.69, 9.17) is 9.47 Å². The van der Waals surface area contributed by atoms with Gasteiger partial charge in [0.1, 0.15) is 5.75 Å². The Kier molecular flexibility index (Phi) is 5.94. The summed E-state index contributed by atoms with van der Waals surface area (Å²) in [4.78, 5) is 23.0. The normalized spacial score (nSPS) is 11.5. The number of methoxy groups -OCH3 is 2. The molecule has 7 nitrogen and oxygen atoms in total. The van der Waals surface area contributed by atoms with Crippen LogP contribution in [-0.4, -0.2) is 25.1 Å². The topological polar surface area (TPSA) is 90.7 Å². The summed E-state index contributed by atoms with van der Waals surface area (Å²) in [5, 5.41) is 14.0. The lowest BCUT2D eigenvalue weighted by molar-refractivity contribution is -0.385. The van der Waals surface area contributed by atoms with Crippen LogP contribution in [0.4, 0.5) is 5.69 Å². The van der Waals surface area contributed by atoms with Gasteiger partial charge in [-0.2, -0.15) is 0 Å². The molecule has 0 bridgehead atoms. The third-order valence-corrected chi connectivity index (χ3v) is 3.87. The van der Waals surface area contributed by atoms with Crippen molar-refractivity contribution in [2.45, 2.75) is 19.4 Å². The first-order valence-corrected chi connectivity index (χ1v) is 7.77. The van der Waals surface area contributed by atoms with E-state index in [9.17, 15) is 14.9 Å². The Labute approximate surface area is 145 Å². The largest absolute Gasteiger partial charge is 0.497 e. The summed E-state index contributed by atoms with van der Waals surface area (Å²) in [5.41, 5.74) is 0.895. The Hall–Kier alpha value is -3.09. The summed E-state index contributed by atoms with van der Waals surface area (Å²) in [6, 6.07) is 11.3. The summed E-state index contributed by atoms with van der Waals surface area (Å²) >= 11 is 0. The van der Waals surface area contributed by atoms with Crippen molar-refractivity contribution in [3.05, 3.63) is 63.7 Å². The summed E-state index contributed by atoms with van der Waals surface area (Å²) in [6.07, 6.45) is 0.677. The predicted molar refractivity (Wildman–Crippen MR) is 93.1 cm³/mol. The molecule has 0 radical (unpaired) electrons. The van der Waals surface area contributed by atoms with Crippen molar-refractivity contribution in [3.8, 4) is 11.5 Å². The average Bonchev–Trinajstić information content (AvgIpc) is 2.65. The molecule has 1 atom stereocenters. The fraction of sp³-hybridized carbons (Fsp3) is 0.278. The molecule has 0 aliphatic rings. The second-order valence-corrected chi connectivity index (χ2v) is 5.35. The van der Waals surface area contributed by atoms with E-state index in [0.717, 1.165) is 11.3 Å².